The summed E-state index contributed by atoms with van der Waals surface area (Å²) >= 11 is 7.40. The van der Waals surface area contributed by atoms with E-state index in [1.54, 1.807) is 22.6 Å². The van der Waals surface area contributed by atoms with Gasteiger partial charge in [0.1, 0.15) is 9.26 Å². The second kappa shape index (κ2) is 6.60. The minimum Gasteiger partial charge on any atom is -0.462 e. The molecule has 0 aliphatic heterocycles. The number of hydrogen-bond acceptors (Lipinski definition) is 4. The first kappa shape index (κ1) is 16.3. The number of nitrogens with zero attached hydrogens (tertiary/aromatic N) is 1. The number of ether oxygens (including phenoxy) is 2. The largest absolute Gasteiger partial charge is 0.573 e. The lowest BCUT2D eigenvalue weighted by Gasteiger charge is -2.15. The maximum atomic E-state index is 12.3. The average Bonchev–Trinajstić information content (AvgIpc) is 2.29. The molecule has 9 heteroatoms. The van der Waals surface area contributed by atoms with Gasteiger partial charge in [0.05, 0.1) is 18.7 Å². The van der Waals surface area contributed by atoms with E-state index in [0.717, 1.165) is 6.20 Å². The van der Waals surface area contributed by atoms with E-state index in [2.05, 4.69) is 9.72 Å². The lowest BCUT2D eigenvalue weighted by Crippen LogP contribution is -2.21. The van der Waals surface area contributed by atoms with Crippen molar-refractivity contribution in [3.05, 3.63) is 21.0 Å². The Morgan fingerprint density at radius 3 is 2.63 bits per heavy atom. The van der Waals surface area contributed by atoms with Gasteiger partial charge in [-0.05, 0) is 29.5 Å². The molecule has 0 saturated carbocycles. The van der Waals surface area contributed by atoms with E-state index in [-0.39, 0.29) is 23.6 Å². The summed E-state index contributed by atoms with van der Waals surface area (Å²) in [6.45, 7) is 1.56. The minimum atomic E-state index is -4.93. The Morgan fingerprint density at radius 2 is 2.16 bits per heavy atom. The highest BCUT2D eigenvalue weighted by atomic mass is 127. The SMILES string of the molecule is CCOC(=O)c1c(OC(F)(F)F)cnc(I)c1CCl. The van der Waals surface area contributed by atoms with Gasteiger partial charge < -0.3 is 9.47 Å². The summed E-state index contributed by atoms with van der Waals surface area (Å²) in [5.74, 6) is -1.84. The lowest BCUT2D eigenvalue weighted by molar-refractivity contribution is -0.274. The van der Waals surface area contributed by atoms with E-state index in [1.165, 1.54) is 6.92 Å². The molecule has 1 rings (SSSR count). The van der Waals surface area contributed by atoms with Crippen molar-refractivity contribution in [2.75, 3.05) is 6.61 Å². The molecular formula is C10H8ClF3INO3. The van der Waals surface area contributed by atoms with Crippen LogP contribution in [0.5, 0.6) is 5.75 Å². The predicted molar refractivity (Wildman–Crippen MR) is 69.2 cm³/mol. The van der Waals surface area contributed by atoms with Gasteiger partial charge in [-0.15, -0.1) is 24.8 Å². The molecule has 1 heterocycles. The molecule has 0 aliphatic carbocycles. The zero-order valence-corrected chi connectivity index (χ0v) is 12.5. The van der Waals surface area contributed by atoms with Gasteiger partial charge in [-0.3, -0.25) is 0 Å². The molecule has 0 amide bonds. The maximum Gasteiger partial charge on any atom is 0.573 e. The summed E-state index contributed by atoms with van der Waals surface area (Å²) in [4.78, 5) is 15.4. The fourth-order valence-corrected chi connectivity index (χ4v) is 2.35. The van der Waals surface area contributed by atoms with E-state index < -0.39 is 18.1 Å². The van der Waals surface area contributed by atoms with Gasteiger partial charge in [0, 0.05) is 5.56 Å². The zero-order valence-electron chi connectivity index (χ0n) is 9.55. The van der Waals surface area contributed by atoms with Crippen LogP contribution in [0.2, 0.25) is 0 Å². The normalized spacial score (nSPS) is 11.3. The summed E-state index contributed by atoms with van der Waals surface area (Å²) in [6, 6.07) is 0. The highest BCUT2D eigenvalue weighted by molar-refractivity contribution is 14.1. The highest BCUT2D eigenvalue weighted by Gasteiger charge is 2.34. The van der Waals surface area contributed by atoms with Gasteiger partial charge >= 0.3 is 12.3 Å². The van der Waals surface area contributed by atoms with E-state index in [9.17, 15) is 18.0 Å². The van der Waals surface area contributed by atoms with Crippen LogP contribution in [-0.4, -0.2) is 23.9 Å². The third-order valence-electron chi connectivity index (χ3n) is 1.93. The lowest BCUT2D eigenvalue weighted by atomic mass is 10.1. The molecule has 19 heavy (non-hydrogen) atoms. The van der Waals surface area contributed by atoms with Gasteiger partial charge in [-0.1, -0.05) is 0 Å². The molecule has 0 spiro atoms. The third-order valence-corrected chi connectivity index (χ3v) is 3.13. The molecule has 0 fully saturated rings. The first-order chi connectivity index (χ1) is 8.80. The van der Waals surface area contributed by atoms with Crippen molar-refractivity contribution in [1.29, 1.82) is 0 Å². The standard InChI is InChI=1S/C10H8ClF3INO3/c1-2-18-9(17)7-5(3-11)8(15)16-4-6(7)19-10(12,13)14/h4H,2-3H2,1H3. The van der Waals surface area contributed by atoms with E-state index >= 15 is 0 Å². The Bertz CT molecular complexity index is 482. The molecule has 0 aliphatic rings. The van der Waals surface area contributed by atoms with Gasteiger partial charge in [0.15, 0.2) is 5.75 Å². The Kier molecular flexibility index (Phi) is 5.65. The van der Waals surface area contributed by atoms with Crippen LogP contribution in [0.15, 0.2) is 6.20 Å². The number of rotatable bonds is 4. The molecule has 4 nitrogen and oxygen atoms in total. The zero-order chi connectivity index (χ0) is 14.6. The molecule has 0 aromatic carbocycles. The van der Waals surface area contributed by atoms with Crippen molar-refractivity contribution in [3.63, 3.8) is 0 Å². The number of alkyl halides is 4. The van der Waals surface area contributed by atoms with Crippen molar-refractivity contribution in [3.8, 4) is 5.75 Å². The molecule has 1 aromatic heterocycles. The number of hydrogen-bond donors (Lipinski definition) is 0. The average molecular weight is 410 g/mol. The van der Waals surface area contributed by atoms with Crippen molar-refractivity contribution in [1.82, 2.24) is 4.98 Å². The molecule has 0 unspecified atom stereocenters. The number of pyridine rings is 1. The van der Waals surface area contributed by atoms with Crippen molar-refractivity contribution >= 4 is 40.2 Å². The number of carbonyl (C=O) groups is 1. The van der Waals surface area contributed by atoms with Gasteiger partial charge in [-0.25, -0.2) is 9.78 Å². The molecule has 0 N–H and O–H groups in total. The van der Waals surface area contributed by atoms with Crippen LogP contribution in [0, 0.1) is 3.70 Å². The summed E-state index contributed by atoms with van der Waals surface area (Å²) in [5, 5.41) is 0. The first-order valence-electron chi connectivity index (χ1n) is 4.96. The van der Waals surface area contributed by atoms with Crippen molar-refractivity contribution in [2.45, 2.75) is 19.2 Å². The third kappa shape index (κ3) is 4.37. The monoisotopic (exact) mass is 409 g/mol. The maximum absolute atomic E-state index is 12.3. The van der Waals surface area contributed by atoms with Gasteiger partial charge in [0.2, 0.25) is 0 Å². The fourth-order valence-electron chi connectivity index (χ4n) is 1.26. The molecule has 106 valence electrons. The summed E-state index contributed by atoms with van der Waals surface area (Å²) in [6.07, 6.45) is -4.11. The number of carbonyl (C=O) groups excluding carboxylic acids is 1. The molecule has 0 atom stereocenters. The number of aromatic nitrogens is 1. The Morgan fingerprint density at radius 1 is 1.53 bits per heavy atom. The van der Waals surface area contributed by atoms with Crippen molar-refractivity contribution in [2.24, 2.45) is 0 Å². The quantitative estimate of drug-likeness (QED) is 0.331. The van der Waals surface area contributed by atoms with Gasteiger partial charge in [0.25, 0.3) is 0 Å². The number of esters is 1. The predicted octanol–water partition coefficient (Wildman–Crippen LogP) is 3.50. The van der Waals surface area contributed by atoms with Crippen LogP contribution < -0.4 is 4.74 Å². The first-order valence-corrected chi connectivity index (χ1v) is 6.57. The Hall–Kier alpha value is -0.770. The molecule has 1 aromatic rings. The molecule has 0 bridgehead atoms. The highest BCUT2D eigenvalue weighted by Crippen LogP contribution is 2.31. The van der Waals surface area contributed by atoms with Crippen LogP contribution in [0.25, 0.3) is 0 Å². The van der Waals surface area contributed by atoms with E-state index in [1.807, 2.05) is 0 Å². The molecule has 0 saturated heterocycles. The topological polar surface area (TPSA) is 48.4 Å². The van der Waals surface area contributed by atoms with Crippen LogP contribution in [0.4, 0.5) is 13.2 Å². The van der Waals surface area contributed by atoms with Crippen LogP contribution in [-0.2, 0) is 10.6 Å². The van der Waals surface area contributed by atoms with E-state index in [4.69, 9.17) is 16.3 Å². The van der Waals surface area contributed by atoms with Crippen LogP contribution in [0.1, 0.15) is 22.8 Å². The minimum absolute atomic E-state index is 0.0188. The van der Waals surface area contributed by atoms with Gasteiger partial charge in [-0.2, -0.15) is 0 Å². The summed E-state index contributed by atoms with van der Waals surface area (Å²) in [7, 11) is 0. The summed E-state index contributed by atoms with van der Waals surface area (Å²) in [5.41, 5.74) is -0.212. The Labute approximate surface area is 125 Å². The summed E-state index contributed by atoms with van der Waals surface area (Å²) < 4.78 is 45.6. The Balaban J connectivity index is 3.34. The van der Waals surface area contributed by atoms with Crippen LogP contribution in [0.3, 0.4) is 0 Å². The number of halogens is 5. The molecule has 0 radical (unpaired) electrons. The smallest absolute Gasteiger partial charge is 0.462 e. The second-order valence-electron chi connectivity index (χ2n) is 3.17. The van der Waals surface area contributed by atoms with Crippen molar-refractivity contribution < 1.29 is 27.4 Å². The fraction of sp³-hybridized carbons (Fsp3) is 0.400. The van der Waals surface area contributed by atoms with E-state index in [0.29, 0.717) is 3.70 Å². The molecular weight excluding hydrogens is 401 g/mol. The van der Waals surface area contributed by atoms with Crippen LogP contribution >= 0.6 is 34.2 Å². The second-order valence-corrected chi connectivity index (χ2v) is 4.46.